The summed E-state index contributed by atoms with van der Waals surface area (Å²) in [4.78, 5) is 13.5. The molecule has 2 aromatic carbocycles. The van der Waals surface area contributed by atoms with Gasteiger partial charge in [-0.3, -0.25) is 4.79 Å². The first-order valence-electron chi connectivity index (χ1n) is 6.67. The highest BCUT2D eigenvalue weighted by atomic mass is 79.9. The van der Waals surface area contributed by atoms with Crippen molar-refractivity contribution in [3.63, 3.8) is 0 Å². The lowest BCUT2D eigenvalue weighted by Crippen LogP contribution is -2.26. The first kappa shape index (κ1) is 14.3. The number of amides is 1. The lowest BCUT2D eigenvalue weighted by Gasteiger charge is -2.12. The molecule has 0 bridgehead atoms. The van der Waals surface area contributed by atoms with Gasteiger partial charge in [-0.05, 0) is 53.4 Å². The van der Waals surface area contributed by atoms with Crippen molar-refractivity contribution in [1.29, 1.82) is 0 Å². The lowest BCUT2D eigenvalue weighted by atomic mass is 10.1. The van der Waals surface area contributed by atoms with Gasteiger partial charge >= 0.3 is 0 Å². The number of fused-ring (bicyclic) bond motifs is 1. The first-order chi connectivity index (χ1) is 10.1. The van der Waals surface area contributed by atoms with E-state index in [4.69, 9.17) is 0 Å². The summed E-state index contributed by atoms with van der Waals surface area (Å²) in [6, 6.07) is 15.9. The molecule has 2 nitrogen and oxygen atoms in total. The van der Waals surface area contributed by atoms with Crippen molar-refractivity contribution in [1.82, 2.24) is 5.32 Å². The molecule has 0 saturated carbocycles. The van der Waals surface area contributed by atoms with E-state index in [0.717, 1.165) is 20.1 Å². The molecule has 0 saturated heterocycles. The summed E-state index contributed by atoms with van der Waals surface area (Å²) in [6.45, 7) is 2.00. The molecule has 0 aliphatic carbocycles. The van der Waals surface area contributed by atoms with Gasteiger partial charge in [0.05, 0.1) is 6.04 Å². The number of hydrogen-bond acceptors (Lipinski definition) is 2. The van der Waals surface area contributed by atoms with E-state index in [1.807, 2.05) is 60.8 Å². The minimum absolute atomic E-state index is 0.0260. The molecule has 0 radical (unpaired) electrons. The van der Waals surface area contributed by atoms with E-state index in [0.29, 0.717) is 5.56 Å². The standard InChI is InChI=1S/C17H14BrNOS/c1-11(16-3-2-8-21-16)19-17(20)14-5-4-13-10-15(18)7-6-12(13)9-14/h2-11H,1H3,(H,19,20). The summed E-state index contributed by atoms with van der Waals surface area (Å²) < 4.78 is 1.04. The summed E-state index contributed by atoms with van der Waals surface area (Å²) in [5, 5.41) is 7.24. The Morgan fingerprint density at radius 1 is 1.14 bits per heavy atom. The predicted molar refractivity (Wildman–Crippen MR) is 91.8 cm³/mol. The summed E-state index contributed by atoms with van der Waals surface area (Å²) in [6.07, 6.45) is 0. The highest BCUT2D eigenvalue weighted by molar-refractivity contribution is 9.10. The van der Waals surface area contributed by atoms with Crippen molar-refractivity contribution in [2.75, 3.05) is 0 Å². The van der Waals surface area contributed by atoms with Gasteiger partial charge in [0.25, 0.3) is 5.91 Å². The van der Waals surface area contributed by atoms with Crippen LogP contribution in [0.4, 0.5) is 0 Å². The number of carbonyl (C=O) groups is 1. The summed E-state index contributed by atoms with van der Waals surface area (Å²) >= 11 is 5.11. The molecule has 1 unspecified atom stereocenters. The van der Waals surface area contributed by atoms with Gasteiger partial charge in [0.2, 0.25) is 0 Å². The van der Waals surface area contributed by atoms with Crippen LogP contribution in [0.3, 0.4) is 0 Å². The van der Waals surface area contributed by atoms with E-state index >= 15 is 0 Å². The van der Waals surface area contributed by atoms with Gasteiger partial charge in [-0.1, -0.05) is 34.1 Å². The largest absolute Gasteiger partial charge is 0.345 e. The Morgan fingerprint density at radius 3 is 2.67 bits per heavy atom. The minimum Gasteiger partial charge on any atom is -0.345 e. The average molecular weight is 360 g/mol. The summed E-state index contributed by atoms with van der Waals surface area (Å²) in [5.41, 5.74) is 0.688. The number of carbonyl (C=O) groups excluding carboxylic acids is 1. The predicted octanol–water partition coefficient (Wildman–Crippen LogP) is 5.15. The molecule has 1 aromatic heterocycles. The van der Waals surface area contributed by atoms with Crippen molar-refractivity contribution in [3.05, 3.63) is 68.8 Å². The third-order valence-electron chi connectivity index (χ3n) is 3.38. The SMILES string of the molecule is CC(NC(=O)c1ccc2cc(Br)ccc2c1)c1cccs1. The second kappa shape index (κ2) is 6.00. The third-order valence-corrected chi connectivity index (χ3v) is 4.93. The van der Waals surface area contributed by atoms with Gasteiger partial charge in [0.1, 0.15) is 0 Å². The van der Waals surface area contributed by atoms with Crippen LogP contribution in [0.5, 0.6) is 0 Å². The Balaban J connectivity index is 1.83. The van der Waals surface area contributed by atoms with E-state index in [1.54, 1.807) is 11.3 Å². The number of thiophene rings is 1. The monoisotopic (exact) mass is 359 g/mol. The van der Waals surface area contributed by atoms with Gasteiger partial charge in [-0.15, -0.1) is 11.3 Å². The second-order valence-corrected chi connectivity index (χ2v) is 6.81. The highest BCUT2D eigenvalue weighted by Crippen LogP contribution is 2.22. The molecular weight excluding hydrogens is 346 g/mol. The fraction of sp³-hybridized carbons (Fsp3) is 0.118. The third kappa shape index (κ3) is 3.17. The van der Waals surface area contributed by atoms with E-state index in [2.05, 4.69) is 21.2 Å². The molecule has 106 valence electrons. The van der Waals surface area contributed by atoms with Crippen LogP contribution in [0.1, 0.15) is 28.2 Å². The van der Waals surface area contributed by atoms with Gasteiger partial charge in [0.15, 0.2) is 0 Å². The Morgan fingerprint density at radius 2 is 1.90 bits per heavy atom. The zero-order valence-corrected chi connectivity index (χ0v) is 13.9. The van der Waals surface area contributed by atoms with Crippen molar-refractivity contribution < 1.29 is 4.79 Å². The van der Waals surface area contributed by atoms with Crippen LogP contribution < -0.4 is 5.32 Å². The molecule has 0 fully saturated rings. The van der Waals surface area contributed by atoms with Gasteiger partial charge in [-0.2, -0.15) is 0 Å². The Kier molecular flexibility index (Phi) is 4.08. The van der Waals surface area contributed by atoms with E-state index < -0.39 is 0 Å². The molecule has 3 aromatic rings. The van der Waals surface area contributed by atoms with Crippen LogP contribution in [-0.2, 0) is 0 Å². The molecule has 3 rings (SSSR count). The lowest BCUT2D eigenvalue weighted by molar-refractivity contribution is 0.0940. The molecule has 0 aliphatic rings. The topological polar surface area (TPSA) is 29.1 Å². The molecule has 1 amide bonds. The molecular formula is C17H14BrNOS. The van der Waals surface area contributed by atoms with Gasteiger partial charge < -0.3 is 5.32 Å². The van der Waals surface area contributed by atoms with Crippen molar-refractivity contribution in [2.45, 2.75) is 13.0 Å². The Hall–Kier alpha value is -1.65. The van der Waals surface area contributed by atoms with Crippen LogP contribution in [0.25, 0.3) is 10.8 Å². The molecule has 1 N–H and O–H groups in total. The van der Waals surface area contributed by atoms with Crippen LogP contribution in [0.15, 0.2) is 58.4 Å². The highest BCUT2D eigenvalue weighted by Gasteiger charge is 2.12. The molecule has 0 aliphatic heterocycles. The van der Waals surface area contributed by atoms with Crippen LogP contribution >= 0.6 is 27.3 Å². The number of benzene rings is 2. The first-order valence-corrected chi connectivity index (χ1v) is 8.34. The Bertz CT molecular complexity index is 783. The maximum absolute atomic E-state index is 12.3. The molecule has 1 atom stereocenters. The zero-order valence-electron chi connectivity index (χ0n) is 11.5. The fourth-order valence-electron chi connectivity index (χ4n) is 2.25. The number of hydrogen-bond donors (Lipinski definition) is 1. The number of halogens is 1. The van der Waals surface area contributed by atoms with Crippen LogP contribution in [-0.4, -0.2) is 5.91 Å². The molecule has 1 heterocycles. The van der Waals surface area contributed by atoms with Crippen LogP contribution in [0.2, 0.25) is 0 Å². The number of nitrogens with one attached hydrogen (secondary N) is 1. The molecule has 4 heteroatoms. The quantitative estimate of drug-likeness (QED) is 0.687. The summed E-state index contributed by atoms with van der Waals surface area (Å²) in [7, 11) is 0. The second-order valence-electron chi connectivity index (χ2n) is 4.92. The minimum atomic E-state index is -0.0410. The molecule has 21 heavy (non-hydrogen) atoms. The number of rotatable bonds is 3. The van der Waals surface area contributed by atoms with Crippen molar-refractivity contribution >= 4 is 43.9 Å². The Labute approximate surface area is 135 Å². The van der Waals surface area contributed by atoms with Crippen LogP contribution in [0, 0.1) is 0 Å². The van der Waals surface area contributed by atoms with Gasteiger partial charge in [0, 0.05) is 14.9 Å². The maximum atomic E-state index is 12.3. The van der Waals surface area contributed by atoms with E-state index in [1.165, 1.54) is 0 Å². The van der Waals surface area contributed by atoms with Gasteiger partial charge in [-0.25, -0.2) is 0 Å². The fourth-order valence-corrected chi connectivity index (χ4v) is 3.36. The van der Waals surface area contributed by atoms with Crippen molar-refractivity contribution in [3.8, 4) is 0 Å². The van der Waals surface area contributed by atoms with E-state index in [-0.39, 0.29) is 11.9 Å². The maximum Gasteiger partial charge on any atom is 0.251 e. The smallest absolute Gasteiger partial charge is 0.251 e. The zero-order chi connectivity index (χ0) is 14.8. The molecule has 0 spiro atoms. The average Bonchev–Trinajstić information content (AvgIpc) is 3.01. The van der Waals surface area contributed by atoms with E-state index in [9.17, 15) is 4.79 Å². The van der Waals surface area contributed by atoms with Crippen molar-refractivity contribution in [2.24, 2.45) is 0 Å². The normalized spacial score (nSPS) is 12.3. The summed E-state index contributed by atoms with van der Waals surface area (Å²) in [5.74, 6) is -0.0410.